The number of fused-ring (bicyclic) bond motifs is 1. The molecule has 102 valence electrons. The van der Waals surface area contributed by atoms with E-state index in [1.165, 1.54) is 0 Å². The van der Waals surface area contributed by atoms with Crippen LogP contribution in [0.1, 0.15) is 5.69 Å². The zero-order valence-corrected chi connectivity index (χ0v) is 12.4. The lowest BCUT2D eigenvalue weighted by atomic mass is 10.2. The number of benzene rings is 2. The van der Waals surface area contributed by atoms with Gasteiger partial charge in [-0.1, -0.05) is 47.5 Å². The van der Waals surface area contributed by atoms with Crippen molar-refractivity contribution in [3.63, 3.8) is 0 Å². The Morgan fingerprint density at radius 2 is 1.90 bits per heavy atom. The van der Waals surface area contributed by atoms with Gasteiger partial charge in [-0.3, -0.25) is 4.68 Å². The predicted octanol–water partition coefficient (Wildman–Crippen LogP) is 4.49. The van der Waals surface area contributed by atoms with Gasteiger partial charge < -0.3 is 5.32 Å². The maximum atomic E-state index is 6.16. The second-order valence-corrected chi connectivity index (χ2v) is 5.33. The zero-order valence-electron chi connectivity index (χ0n) is 10.9. The van der Waals surface area contributed by atoms with Gasteiger partial charge in [-0.25, -0.2) is 0 Å². The summed E-state index contributed by atoms with van der Waals surface area (Å²) < 4.78 is 1.88. The second kappa shape index (κ2) is 5.35. The average Bonchev–Trinajstić information content (AvgIpc) is 2.78. The van der Waals surface area contributed by atoms with Gasteiger partial charge in [0, 0.05) is 12.4 Å². The van der Waals surface area contributed by atoms with Crippen molar-refractivity contribution in [3.8, 4) is 0 Å². The maximum Gasteiger partial charge on any atom is 0.0894 e. The first-order valence-corrected chi connectivity index (χ1v) is 7.01. The number of nitrogens with one attached hydrogen (secondary N) is 1. The molecule has 0 saturated heterocycles. The normalized spacial score (nSPS) is 10.9. The van der Waals surface area contributed by atoms with Crippen molar-refractivity contribution in [2.75, 3.05) is 5.32 Å². The topological polar surface area (TPSA) is 29.9 Å². The van der Waals surface area contributed by atoms with Gasteiger partial charge in [-0.05, 0) is 18.2 Å². The smallest absolute Gasteiger partial charge is 0.0894 e. The lowest BCUT2D eigenvalue weighted by molar-refractivity contribution is 0.771. The SMILES string of the molecule is Cn1nc(CNc2cccc(Cl)c2Cl)c2ccccc21. The molecule has 0 fully saturated rings. The minimum absolute atomic E-state index is 0.536. The van der Waals surface area contributed by atoms with Gasteiger partial charge >= 0.3 is 0 Å². The van der Waals surface area contributed by atoms with Crippen LogP contribution in [0.5, 0.6) is 0 Å². The maximum absolute atomic E-state index is 6.16. The number of aromatic nitrogens is 2. The van der Waals surface area contributed by atoms with Gasteiger partial charge in [-0.15, -0.1) is 0 Å². The fraction of sp³-hybridized carbons (Fsp3) is 0.133. The molecule has 20 heavy (non-hydrogen) atoms. The molecular weight excluding hydrogens is 293 g/mol. The molecule has 1 heterocycles. The van der Waals surface area contributed by atoms with Crippen LogP contribution in [0.15, 0.2) is 42.5 Å². The van der Waals surface area contributed by atoms with Crippen molar-refractivity contribution < 1.29 is 0 Å². The number of rotatable bonds is 3. The van der Waals surface area contributed by atoms with Gasteiger partial charge in [0.1, 0.15) is 0 Å². The molecule has 1 aromatic heterocycles. The number of nitrogens with zero attached hydrogens (tertiary/aromatic N) is 2. The molecule has 1 N–H and O–H groups in total. The summed E-state index contributed by atoms with van der Waals surface area (Å²) >= 11 is 12.2. The lowest BCUT2D eigenvalue weighted by Crippen LogP contribution is -2.02. The van der Waals surface area contributed by atoms with E-state index in [2.05, 4.69) is 22.5 Å². The fourth-order valence-corrected chi connectivity index (χ4v) is 2.61. The number of aryl methyl sites for hydroxylation is 1. The minimum atomic E-state index is 0.536. The Bertz CT molecular complexity index is 765. The van der Waals surface area contributed by atoms with E-state index in [0.29, 0.717) is 16.6 Å². The molecule has 0 saturated carbocycles. The minimum Gasteiger partial charge on any atom is -0.378 e. The molecule has 3 nitrogen and oxygen atoms in total. The fourth-order valence-electron chi connectivity index (χ4n) is 2.24. The molecule has 2 aromatic carbocycles. The van der Waals surface area contributed by atoms with E-state index in [1.54, 1.807) is 6.07 Å². The lowest BCUT2D eigenvalue weighted by Gasteiger charge is -2.08. The van der Waals surface area contributed by atoms with E-state index >= 15 is 0 Å². The van der Waals surface area contributed by atoms with Crippen molar-refractivity contribution in [1.29, 1.82) is 0 Å². The average molecular weight is 306 g/mol. The third-order valence-corrected chi connectivity index (χ3v) is 4.05. The van der Waals surface area contributed by atoms with Gasteiger partial charge in [0.25, 0.3) is 0 Å². The van der Waals surface area contributed by atoms with E-state index in [9.17, 15) is 0 Å². The summed E-state index contributed by atoms with van der Waals surface area (Å²) in [4.78, 5) is 0. The Balaban J connectivity index is 1.89. The van der Waals surface area contributed by atoms with Crippen molar-refractivity contribution >= 4 is 39.8 Å². The van der Waals surface area contributed by atoms with Crippen LogP contribution in [0.3, 0.4) is 0 Å². The molecule has 0 aliphatic heterocycles. The highest BCUT2D eigenvalue weighted by Gasteiger charge is 2.09. The number of para-hydroxylation sites is 1. The molecule has 0 aliphatic rings. The molecule has 3 aromatic rings. The Morgan fingerprint density at radius 1 is 1.10 bits per heavy atom. The Labute approximate surface area is 127 Å². The second-order valence-electron chi connectivity index (χ2n) is 4.54. The monoisotopic (exact) mass is 305 g/mol. The van der Waals surface area contributed by atoms with E-state index in [4.69, 9.17) is 23.2 Å². The highest BCUT2D eigenvalue weighted by Crippen LogP contribution is 2.30. The third kappa shape index (κ3) is 2.35. The van der Waals surface area contributed by atoms with Gasteiger partial charge in [-0.2, -0.15) is 5.10 Å². The summed E-state index contributed by atoms with van der Waals surface area (Å²) in [7, 11) is 1.94. The Kier molecular flexibility index (Phi) is 3.55. The zero-order chi connectivity index (χ0) is 14.1. The quantitative estimate of drug-likeness (QED) is 0.772. The Hall–Kier alpha value is -1.71. The molecule has 0 bridgehead atoms. The van der Waals surface area contributed by atoms with E-state index in [0.717, 1.165) is 22.3 Å². The first-order chi connectivity index (χ1) is 9.66. The van der Waals surface area contributed by atoms with E-state index in [-0.39, 0.29) is 0 Å². The molecule has 5 heteroatoms. The molecule has 0 unspecified atom stereocenters. The van der Waals surface area contributed by atoms with E-state index in [1.807, 2.05) is 36.0 Å². The molecule has 0 atom stereocenters. The van der Waals surface area contributed by atoms with Crippen molar-refractivity contribution in [2.45, 2.75) is 6.54 Å². The van der Waals surface area contributed by atoms with Gasteiger partial charge in [0.2, 0.25) is 0 Å². The van der Waals surface area contributed by atoms with Crippen molar-refractivity contribution in [3.05, 3.63) is 58.2 Å². The molecule has 0 amide bonds. The Morgan fingerprint density at radius 3 is 2.75 bits per heavy atom. The van der Waals surface area contributed by atoms with Crippen LogP contribution in [-0.4, -0.2) is 9.78 Å². The summed E-state index contributed by atoms with van der Waals surface area (Å²) in [6, 6.07) is 13.7. The third-order valence-electron chi connectivity index (χ3n) is 3.23. The van der Waals surface area contributed by atoms with Crippen LogP contribution in [0, 0.1) is 0 Å². The van der Waals surface area contributed by atoms with Gasteiger partial charge in [0.05, 0.1) is 33.5 Å². The molecule has 0 radical (unpaired) electrons. The van der Waals surface area contributed by atoms with E-state index < -0.39 is 0 Å². The van der Waals surface area contributed by atoms with Crippen LogP contribution >= 0.6 is 23.2 Å². The number of hydrogen-bond acceptors (Lipinski definition) is 2. The molecule has 3 rings (SSSR count). The van der Waals surface area contributed by atoms with Crippen molar-refractivity contribution in [1.82, 2.24) is 9.78 Å². The first-order valence-electron chi connectivity index (χ1n) is 6.25. The highest BCUT2D eigenvalue weighted by molar-refractivity contribution is 6.43. The molecular formula is C15H13Cl2N3. The van der Waals surface area contributed by atoms with Crippen molar-refractivity contribution in [2.24, 2.45) is 7.05 Å². The number of hydrogen-bond donors (Lipinski definition) is 1. The van der Waals surface area contributed by atoms with Crippen LogP contribution in [0.2, 0.25) is 10.0 Å². The summed E-state index contributed by atoms with van der Waals surface area (Å²) in [5, 5.41) is 10.0. The standard InChI is InChI=1S/C15H13Cl2N3/c1-20-14-8-3-2-5-10(14)13(19-20)9-18-12-7-4-6-11(16)15(12)17/h2-8,18H,9H2,1H3. The van der Waals surface area contributed by atoms with Crippen LogP contribution in [-0.2, 0) is 13.6 Å². The van der Waals surface area contributed by atoms with Gasteiger partial charge in [0.15, 0.2) is 0 Å². The summed E-state index contributed by atoms with van der Waals surface area (Å²) in [6.45, 7) is 0.599. The van der Waals surface area contributed by atoms with Crippen LogP contribution < -0.4 is 5.32 Å². The highest BCUT2D eigenvalue weighted by atomic mass is 35.5. The summed E-state index contributed by atoms with van der Waals surface area (Å²) in [5.41, 5.74) is 2.91. The summed E-state index contributed by atoms with van der Waals surface area (Å²) in [5.74, 6) is 0. The van der Waals surface area contributed by atoms with Crippen LogP contribution in [0.4, 0.5) is 5.69 Å². The number of halogens is 2. The summed E-state index contributed by atoms with van der Waals surface area (Å²) in [6.07, 6.45) is 0. The first kappa shape index (κ1) is 13.3. The molecule has 0 aliphatic carbocycles. The predicted molar refractivity (Wildman–Crippen MR) is 84.5 cm³/mol. The molecule has 0 spiro atoms. The number of anilines is 1. The largest absolute Gasteiger partial charge is 0.378 e. The van der Waals surface area contributed by atoms with Crippen LogP contribution in [0.25, 0.3) is 10.9 Å².